The molecule has 3 aromatic carbocycles. The number of carbonyl (C=O) groups excluding carboxylic acids is 1. The van der Waals surface area contributed by atoms with Crippen LogP contribution in [0, 0.1) is 0 Å². The molecule has 0 aliphatic rings. The van der Waals surface area contributed by atoms with Crippen LogP contribution in [0.5, 0.6) is 0 Å². The summed E-state index contributed by atoms with van der Waals surface area (Å²) in [5.74, 6) is 0.00344. The first-order valence-electron chi connectivity index (χ1n) is 9.43. The molecular weight excluding hydrogens is 382 g/mol. The van der Waals surface area contributed by atoms with E-state index < -0.39 is 17.3 Å². The molecule has 1 N–H and O–H groups in total. The molecule has 1 heterocycles. The summed E-state index contributed by atoms with van der Waals surface area (Å²) < 4.78 is 21.2. The van der Waals surface area contributed by atoms with Crippen molar-refractivity contribution in [2.24, 2.45) is 0 Å². The highest BCUT2D eigenvalue weighted by molar-refractivity contribution is 7.90. The number of benzene rings is 3. The molecule has 0 fully saturated rings. The third kappa shape index (κ3) is 4.06. The molecule has 0 spiro atoms. The molecule has 0 saturated heterocycles. The topological polar surface area (TPSA) is 65.3 Å². The monoisotopic (exact) mass is 403 g/mol. The van der Waals surface area contributed by atoms with E-state index in [0.717, 1.165) is 22.1 Å². The zero-order valence-corrected chi connectivity index (χ0v) is 17.0. The van der Waals surface area contributed by atoms with Gasteiger partial charge in [-0.25, -0.2) is 0 Å². The lowest BCUT2D eigenvalue weighted by molar-refractivity contribution is 0.0956. The maximum Gasteiger partial charge on any atom is 0.328 e. The Morgan fingerprint density at radius 2 is 1.69 bits per heavy atom. The number of nitrogens with one attached hydrogen (secondary N) is 1. The van der Waals surface area contributed by atoms with Crippen molar-refractivity contribution in [3.63, 3.8) is 0 Å². The van der Waals surface area contributed by atoms with Crippen LogP contribution in [0.15, 0.2) is 88.2 Å². The van der Waals surface area contributed by atoms with Crippen LogP contribution in [0.3, 0.4) is 0 Å². The van der Waals surface area contributed by atoms with Crippen LogP contribution in [-0.2, 0) is 11.4 Å². The van der Waals surface area contributed by atoms with Crippen molar-refractivity contribution in [1.82, 2.24) is 4.72 Å². The van der Waals surface area contributed by atoms with E-state index in [2.05, 4.69) is 18.6 Å². The molecule has 0 bridgehead atoms. The molecule has 4 nitrogen and oxygen atoms in total. The van der Waals surface area contributed by atoms with E-state index in [0.29, 0.717) is 16.4 Å². The first-order chi connectivity index (χ1) is 14.0. The fourth-order valence-corrected chi connectivity index (χ4v) is 4.16. The molecule has 0 aliphatic carbocycles. The second-order valence-corrected chi connectivity index (χ2v) is 8.31. The summed E-state index contributed by atoms with van der Waals surface area (Å²) in [7, 11) is 0. The number of hydrogen-bond acceptors (Lipinski definition) is 3. The van der Waals surface area contributed by atoms with E-state index in [-0.39, 0.29) is 5.76 Å². The third-order valence-corrected chi connectivity index (χ3v) is 5.92. The number of carbonyl (C=O) groups is 1. The van der Waals surface area contributed by atoms with E-state index >= 15 is 0 Å². The zero-order chi connectivity index (χ0) is 20.4. The summed E-state index contributed by atoms with van der Waals surface area (Å²) >= 11 is -1.72. The molecule has 0 saturated carbocycles. The normalized spacial score (nSPS) is 12.3. The first kappa shape index (κ1) is 19.3. The highest BCUT2D eigenvalue weighted by atomic mass is 32.2. The van der Waals surface area contributed by atoms with Crippen molar-refractivity contribution < 1.29 is 13.8 Å². The second kappa shape index (κ2) is 8.15. The quantitative estimate of drug-likeness (QED) is 0.436. The summed E-state index contributed by atoms with van der Waals surface area (Å²) in [6.45, 7) is 4.20. The zero-order valence-electron chi connectivity index (χ0n) is 16.2. The minimum Gasteiger partial charge on any atom is -0.588 e. The van der Waals surface area contributed by atoms with E-state index in [1.54, 1.807) is 18.2 Å². The highest BCUT2D eigenvalue weighted by Crippen LogP contribution is 2.28. The van der Waals surface area contributed by atoms with E-state index in [9.17, 15) is 9.35 Å². The van der Waals surface area contributed by atoms with Gasteiger partial charge in [-0.3, -0.25) is 4.79 Å². The Balaban J connectivity index is 1.59. The molecular formula is C24H21NO3S. The Morgan fingerprint density at radius 1 is 0.966 bits per heavy atom. The Hall–Kier alpha value is -3.02. The molecule has 0 radical (unpaired) electrons. The second-order valence-electron chi connectivity index (χ2n) is 7.12. The summed E-state index contributed by atoms with van der Waals surface area (Å²) in [6, 6.07) is 24.6. The standard InChI is InChI=1S/C24H21NO3S/c1-16(2)18-12-13-19-15-22(28-21(19)14-18)24(26)25-29(27)23-11-7-6-10-20(23)17-8-4-3-5-9-17/h3-16H,1-2H3,(H,25,26). The number of amides is 1. The molecule has 0 aliphatic heterocycles. The van der Waals surface area contributed by atoms with Gasteiger partial charge in [0.25, 0.3) is 0 Å². The minimum atomic E-state index is -1.72. The Morgan fingerprint density at radius 3 is 2.45 bits per heavy atom. The highest BCUT2D eigenvalue weighted by Gasteiger charge is 2.23. The van der Waals surface area contributed by atoms with Crippen molar-refractivity contribution in [1.29, 1.82) is 0 Å². The maximum absolute atomic E-state index is 12.9. The fourth-order valence-electron chi connectivity index (χ4n) is 3.19. The fraction of sp³-hybridized carbons (Fsp3) is 0.125. The Bertz CT molecular complexity index is 1150. The molecule has 1 amide bonds. The summed E-state index contributed by atoms with van der Waals surface area (Å²) in [5, 5.41) is 0.843. The Labute approximate surface area is 172 Å². The summed E-state index contributed by atoms with van der Waals surface area (Å²) in [4.78, 5) is 13.2. The van der Waals surface area contributed by atoms with Crippen molar-refractivity contribution in [2.45, 2.75) is 24.7 Å². The number of furan rings is 1. The van der Waals surface area contributed by atoms with Crippen molar-refractivity contribution in [3.05, 3.63) is 90.2 Å². The van der Waals surface area contributed by atoms with Crippen LogP contribution in [0.1, 0.15) is 35.9 Å². The molecule has 4 aromatic rings. The number of hydrogen-bond donors (Lipinski definition) is 1. The molecule has 29 heavy (non-hydrogen) atoms. The van der Waals surface area contributed by atoms with Gasteiger partial charge >= 0.3 is 5.91 Å². The van der Waals surface area contributed by atoms with Crippen molar-refractivity contribution in [3.8, 4) is 11.1 Å². The van der Waals surface area contributed by atoms with Gasteiger partial charge in [-0.2, -0.15) is 4.72 Å². The van der Waals surface area contributed by atoms with E-state index in [1.165, 1.54) is 0 Å². The lowest BCUT2D eigenvalue weighted by atomic mass is 10.0. The average Bonchev–Trinajstić information content (AvgIpc) is 3.18. The van der Waals surface area contributed by atoms with Gasteiger partial charge < -0.3 is 8.97 Å². The summed E-state index contributed by atoms with van der Waals surface area (Å²) in [6.07, 6.45) is 0. The lowest BCUT2D eigenvalue weighted by Gasteiger charge is -2.13. The van der Waals surface area contributed by atoms with Gasteiger partial charge in [-0.05, 0) is 41.3 Å². The lowest BCUT2D eigenvalue weighted by Crippen LogP contribution is -2.30. The smallest absolute Gasteiger partial charge is 0.328 e. The van der Waals surface area contributed by atoms with Gasteiger partial charge in [0, 0.05) is 10.9 Å². The third-order valence-electron chi connectivity index (χ3n) is 4.79. The SMILES string of the molecule is CC(C)c1ccc2cc(C(=O)N[S+]([O-])c3ccccc3-c3ccccc3)oc2c1. The van der Waals surface area contributed by atoms with Gasteiger partial charge in [0.05, 0.1) is 0 Å². The van der Waals surface area contributed by atoms with Crippen LogP contribution in [-0.4, -0.2) is 10.5 Å². The predicted octanol–water partition coefficient (Wildman–Crippen LogP) is 5.68. The summed E-state index contributed by atoms with van der Waals surface area (Å²) in [5.41, 5.74) is 3.55. The molecule has 1 atom stereocenters. The van der Waals surface area contributed by atoms with Crippen molar-refractivity contribution >= 4 is 28.2 Å². The van der Waals surface area contributed by atoms with Gasteiger partial charge in [0.1, 0.15) is 16.9 Å². The minimum absolute atomic E-state index is 0.145. The van der Waals surface area contributed by atoms with Crippen LogP contribution in [0.25, 0.3) is 22.1 Å². The Kier molecular flexibility index (Phi) is 5.43. The maximum atomic E-state index is 12.9. The van der Waals surface area contributed by atoms with E-state index in [4.69, 9.17) is 4.42 Å². The van der Waals surface area contributed by atoms with Gasteiger partial charge in [0.15, 0.2) is 10.7 Å². The van der Waals surface area contributed by atoms with E-state index in [1.807, 2.05) is 60.7 Å². The molecule has 1 aromatic heterocycles. The molecule has 146 valence electrons. The number of rotatable bonds is 5. The number of fused-ring (bicyclic) bond motifs is 1. The van der Waals surface area contributed by atoms with Crippen molar-refractivity contribution in [2.75, 3.05) is 0 Å². The largest absolute Gasteiger partial charge is 0.588 e. The van der Waals surface area contributed by atoms with Crippen LogP contribution >= 0.6 is 0 Å². The van der Waals surface area contributed by atoms with Gasteiger partial charge in [-0.15, -0.1) is 0 Å². The molecule has 1 unspecified atom stereocenters. The predicted molar refractivity (Wildman–Crippen MR) is 116 cm³/mol. The average molecular weight is 404 g/mol. The molecule has 4 rings (SSSR count). The molecule has 5 heteroatoms. The first-order valence-corrected chi connectivity index (χ1v) is 10.6. The van der Waals surface area contributed by atoms with Gasteiger partial charge in [-0.1, -0.05) is 68.4 Å². The van der Waals surface area contributed by atoms with Crippen LogP contribution in [0.2, 0.25) is 0 Å². The van der Waals surface area contributed by atoms with Gasteiger partial charge in [0.2, 0.25) is 0 Å². The van der Waals surface area contributed by atoms with Crippen LogP contribution < -0.4 is 4.72 Å². The van der Waals surface area contributed by atoms with Crippen LogP contribution in [0.4, 0.5) is 0 Å².